The molecule has 6 heteroatoms. The van der Waals surface area contributed by atoms with E-state index in [1.165, 1.54) is 19.2 Å². The lowest BCUT2D eigenvalue weighted by Crippen LogP contribution is -2.17. The van der Waals surface area contributed by atoms with Gasteiger partial charge in [-0.2, -0.15) is 0 Å². The second-order valence-corrected chi connectivity index (χ2v) is 5.53. The van der Waals surface area contributed by atoms with Gasteiger partial charge in [0, 0.05) is 19.4 Å². The number of ether oxygens (including phenoxy) is 1. The molecule has 1 aliphatic rings. The Morgan fingerprint density at radius 3 is 2.82 bits per heavy atom. The van der Waals surface area contributed by atoms with Crippen molar-refractivity contribution in [1.29, 1.82) is 0 Å². The topological polar surface area (TPSA) is 57.0 Å². The van der Waals surface area contributed by atoms with Crippen molar-refractivity contribution < 1.29 is 13.9 Å². The van der Waals surface area contributed by atoms with E-state index in [-0.39, 0.29) is 17.7 Å². The van der Waals surface area contributed by atoms with Crippen LogP contribution in [0.1, 0.15) is 30.1 Å². The van der Waals surface area contributed by atoms with Crippen molar-refractivity contribution in [3.8, 4) is 0 Å². The first-order valence-corrected chi connectivity index (χ1v) is 7.40. The summed E-state index contributed by atoms with van der Waals surface area (Å²) in [5, 5.41) is 8.49. The minimum Gasteiger partial charge on any atom is -0.469 e. The number of carbonyl (C=O) groups is 1. The Bertz CT molecular complexity index is 667. The highest BCUT2D eigenvalue weighted by Crippen LogP contribution is 2.22. The second kappa shape index (κ2) is 6.25. The molecule has 0 bridgehead atoms. The van der Waals surface area contributed by atoms with Gasteiger partial charge in [-0.05, 0) is 30.5 Å². The Labute approximate surface area is 128 Å². The van der Waals surface area contributed by atoms with Crippen LogP contribution in [0.25, 0.3) is 0 Å². The van der Waals surface area contributed by atoms with Crippen LogP contribution in [-0.2, 0) is 28.9 Å². The molecule has 0 saturated heterocycles. The monoisotopic (exact) mass is 303 g/mol. The van der Waals surface area contributed by atoms with Crippen LogP contribution in [0.15, 0.2) is 24.3 Å². The SMILES string of the molecule is COC(=O)C1CCc2nnc(Cc3ccc(F)cc3)n2CC1. The van der Waals surface area contributed by atoms with Gasteiger partial charge in [-0.1, -0.05) is 12.1 Å². The molecule has 0 N–H and O–H groups in total. The Morgan fingerprint density at radius 2 is 2.09 bits per heavy atom. The summed E-state index contributed by atoms with van der Waals surface area (Å²) < 4.78 is 19.9. The number of benzene rings is 1. The van der Waals surface area contributed by atoms with Crippen LogP contribution in [0.3, 0.4) is 0 Å². The van der Waals surface area contributed by atoms with Gasteiger partial charge in [0.25, 0.3) is 0 Å². The van der Waals surface area contributed by atoms with Crippen LogP contribution in [0.2, 0.25) is 0 Å². The van der Waals surface area contributed by atoms with Gasteiger partial charge in [-0.3, -0.25) is 4.79 Å². The Morgan fingerprint density at radius 1 is 1.32 bits per heavy atom. The van der Waals surface area contributed by atoms with E-state index in [0.29, 0.717) is 13.0 Å². The summed E-state index contributed by atoms with van der Waals surface area (Å²) in [5.74, 6) is 1.28. The Hall–Kier alpha value is -2.24. The number of hydrogen-bond donors (Lipinski definition) is 0. The van der Waals surface area contributed by atoms with Gasteiger partial charge in [0.2, 0.25) is 0 Å². The highest BCUT2D eigenvalue weighted by atomic mass is 19.1. The molecule has 1 unspecified atom stereocenters. The summed E-state index contributed by atoms with van der Waals surface area (Å²) in [7, 11) is 1.42. The van der Waals surface area contributed by atoms with Crippen molar-refractivity contribution in [3.05, 3.63) is 47.3 Å². The van der Waals surface area contributed by atoms with Gasteiger partial charge in [0.05, 0.1) is 13.0 Å². The van der Waals surface area contributed by atoms with E-state index in [1.807, 2.05) is 0 Å². The molecule has 0 spiro atoms. The van der Waals surface area contributed by atoms with Crippen LogP contribution in [0, 0.1) is 11.7 Å². The maximum absolute atomic E-state index is 13.0. The fourth-order valence-corrected chi connectivity index (χ4v) is 2.87. The third-order valence-corrected chi connectivity index (χ3v) is 4.13. The molecule has 5 nitrogen and oxygen atoms in total. The first kappa shape index (κ1) is 14.7. The van der Waals surface area contributed by atoms with Gasteiger partial charge >= 0.3 is 5.97 Å². The van der Waals surface area contributed by atoms with E-state index in [9.17, 15) is 9.18 Å². The lowest BCUT2D eigenvalue weighted by atomic mass is 10.0. The predicted octanol–water partition coefficient (Wildman–Crippen LogP) is 2.13. The molecule has 0 saturated carbocycles. The van der Waals surface area contributed by atoms with Crippen LogP contribution in [-0.4, -0.2) is 27.8 Å². The number of methoxy groups -OCH3 is 1. The third-order valence-electron chi connectivity index (χ3n) is 4.13. The van der Waals surface area contributed by atoms with Crippen LogP contribution < -0.4 is 0 Å². The largest absolute Gasteiger partial charge is 0.469 e. The Balaban J connectivity index is 1.76. The molecule has 116 valence electrons. The van der Waals surface area contributed by atoms with Gasteiger partial charge in [0.1, 0.15) is 17.5 Å². The molecule has 1 aliphatic heterocycles. The van der Waals surface area contributed by atoms with Crippen molar-refractivity contribution >= 4 is 5.97 Å². The molecule has 1 atom stereocenters. The number of hydrogen-bond acceptors (Lipinski definition) is 4. The molecule has 22 heavy (non-hydrogen) atoms. The zero-order valence-electron chi connectivity index (χ0n) is 12.5. The first-order valence-electron chi connectivity index (χ1n) is 7.40. The lowest BCUT2D eigenvalue weighted by Gasteiger charge is -2.11. The molecule has 2 heterocycles. The minimum absolute atomic E-state index is 0.0784. The fraction of sp³-hybridized carbons (Fsp3) is 0.438. The predicted molar refractivity (Wildman–Crippen MR) is 77.7 cm³/mol. The maximum atomic E-state index is 13.0. The van der Waals surface area contributed by atoms with Gasteiger partial charge < -0.3 is 9.30 Å². The summed E-state index contributed by atoms with van der Waals surface area (Å²) in [4.78, 5) is 11.7. The molecular formula is C16H18FN3O2. The standard InChI is InChI=1S/C16H18FN3O2/c1-22-16(21)12-4-7-14-18-19-15(20(14)9-8-12)10-11-2-5-13(17)6-3-11/h2-3,5-6,12H,4,7-10H2,1H3. The second-order valence-electron chi connectivity index (χ2n) is 5.53. The maximum Gasteiger partial charge on any atom is 0.308 e. The van der Waals surface area contributed by atoms with Crippen molar-refractivity contribution in [1.82, 2.24) is 14.8 Å². The number of esters is 1. The number of carbonyl (C=O) groups excluding carboxylic acids is 1. The normalized spacial score (nSPS) is 17.6. The number of rotatable bonds is 3. The summed E-state index contributed by atoms with van der Waals surface area (Å²) in [6.45, 7) is 0.707. The van der Waals surface area contributed by atoms with E-state index in [2.05, 4.69) is 14.8 Å². The highest BCUT2D eigenvalue weighted by Gasteiger charge is 2.25. The van der Waals surface area contributed by atoms with Crippen molar-refractivity contribution in [3.63, 3.8) is 0 Å². The highest BCUT2D eigenvalue weighted by molar-refractivity contribution is 5.72. The van der Waals surface area contributed by atoms with Crippen molar-refractivity contribution in [2.24, 2.45) is 5.92 Å². The number of aryl methyl sites for hydroxylation is 1. The number of aromatic nitrogens is 3. The summed E-state index contributed by atoms with van der Waals surface area (Å²) in [6.07, 6.45) is 2.79. The van der Waals surface area contributed by atoms with Crippen LogP contribution in [0.5, 0.6) is 0 Å². The zero-order valence-corrected chi connectivity index (χ0v) is 12.5. The molecule has 0 fully saturated rings. The summed E-state index contributed by atoms with van der Waals surface area (Å²) in [6, 6.07) is 6.40. The van der Waals surface area contributed by atoms with E-state index in [4.69, 9.17) is 4.74 Å². The number of halogens is 1. The van der Waals surface area contributed by atoms with Gasteiger partial charge in [-0.15, -0.1) is 10.2 Å². The molecule has 3 rings (SSSR count). The first-order chi connectivity index (χ1) is 10.7. The molecule has 0 aliphatic carbocycles. The van der Waals surface area contributed by atoms with E-state index in [1.54, 1.807) is 12.1 Å². The van der Waals surface area contributed by atoms with E-state index in [0.717, 1.165) is 36.5 Å². The van der Waals surface area contributed by atoms with Gasteiger partial charge in [0.15, 0.2) is 0 Å². The lowest BCUT2D eigenvalue weighted by molar-refractivity contribution is -0.145. The van der Waals surface area contributed by atoms with Gasteiger partial charge in [-0.25, -0.2) is 4.39 Å². The van der Waals surface area contributed by atoms with Crippen molar-refractivity contribution in [2.75, 3.05) is 7.11 Å². The van der Waals surface area contributed by atoms with Crippen LogP contribution in [0.4, 0.5) is 4.39 Å². The average molecular weight is 303 g/mol. The number of fused-ring (bicyclic) bond motifs is 1. The van der Waals surface area contributed by atoms with Crippen LogP contribution >= 0.6 is 0 Å². The smallest absolute Gasteiger partial charge is 0.308 e. The molecule has 2 aromatic rings. The molecular weight excluding hydrogens is 285 g/mol. The number of nitrogens with zero attached hydrogens (tertiary/aromatic N) is 3. The van der Waals surface area contributed by atoms with Crippen molar-refractivity contribution in [2.45, 2.75) is 32.2 Å². The summed E-state index contributed by atoms with van der Waals surface area (Å²) in [5.41, 5.74) is 0.991. The molecule has 0 amide bonds. The quantitative estimate of drug-likeness (QED) is 0.815. The fourth-order valence-electron chi connectivity index (χ4n) is 2.87. The third kappa shape index (κ3) is 3.00. The average Bonchev–Trinajstić information content (AvgIpc) is 2.78. The Kier molecular flexibility index (Phi) is 4.18. The molecule has 1 aromatic heterocycles. The van der Waals surface area contributed by atoms with E-state index >= 15 is 0 Å². The summed E-state index contributed by atoms with van der Waals surface area (Å²) >= 11 is 0. The molecule has 1 aromatic carbocycles. The zero-order chi connectivity index (χ0) is 15.5. The molecule has 0 radical (unpaired) electrons. The minimum atomic E-state index is -0.246. The van der Waals surface area contributed by atoms with E-state index < -0.39 is 0 Å².